The molecule has 5 rings (SSSR count). The van der Waals surface area contributed by atoms with E-state index in [-0.39, 0.29) is 17.1 Å². The number of hydrogen-bond acceptors (Lipinski definition) is 4. The van der Waals surface area contributed by atoms with Gasteiger partial charge in [-0.05, 0) is 37.9 Å². The monoisotopic (exact) mass is 305 g/mol. The zero-order valence-electron chi connectivity index (χ0n) is 11.5. The van der Waals surface area contributed by atoms with E-state index >= 15 is 0 Å². The van der Waals surface area contributed by atoms with Gasteiger partial charge in [-0.25, -0.2) is 4.98 Å². The Morgan fingerprint density at radius 1 is 1.43 bits per heavy atom. The third-order valence-electron chi connectivity index (χ3n) is 4.67. The third-order valence-corrected chi connectivity index (χ3v) is 4.94. The molecule has 0 aromatic carbocycles. The van der Waals surface area contributed by atoms with Crippen molar-refractivity contribution in [3.8, 4) is 0 Å². The largest absolute Gasteiger partial charge is 0.461 e. The van der Waals surface area contributed by atoms with E-state index in [0.29, 0.717) is 22.5 Å². The van der Waals surface area contributed by atoms with E-state index in [1.165, 1.54) is 25.3 Å². The van der Waals surface area contributed by atoms with Crippen LogP contribution in [0.2, 0.25) is 5.15 Å². The normalized spacial score (nSPS) is 28.0. The number of furan rings is 1. The van der Waals surface area contributed by atoms with Crippen LogP contribution in [0.5, 0.6) is 0 Å². The number of carbonyl (C=O) groups excluding carboxylic acids is 1. The Balaban J connectivity index is 1.59. The number of amides is 1. The summed E-state index contributed by atoms with van der Waals surface area (Å²) in [6.45, 7) is 3.27. The molecule has 3 aliphatic rings. The van der Waals surface area contributed by atoms with Crippen LogP contribution in [0, 0.1) is 5.92 Å². The Morgan fingerprint density at radius 3 is 2.95 bits per heavy atom. The number of fused-ring (bicyclic) bond motifs is 4. The zero-order chi connectivity index (χ0) is 14.4. The number of pyridine rings is 1. The first-order chi connectivity index (χ1) is 10.2. The van der Waals surface area contributed by atoms with Gasteiger partial charge in [0.25, 0.3) is 5.91 Å². The van der Waals surface area contributed by atoms with Crippen molar-refractivity contribution in [2.24, 2.45) is 5.92 Å². The number of halogens is 1. The minimum atomic E-state index is -0.0932. The lowest BCUT2D eigenvalue weighted by Crippen LogP contribution is -2.57. The maximum atomic E-state index is 12.6. The van der Waals surface area contributed by atoms with Crippen LogP contribution in [-0.2, 0) is 0 Å². The van der Waals surface area contributed by atoms with E-state index in [1.54, 1.807) is 6.07 Å². The molecule has 5 nitrogen and oxygen atoms in total. The van der Waals surface area contributed by atoms with E-state index in [1.807, 2.05) is 0 Å². The first kappa shape index (κ1) is 13.1. The van der Waals surface area contributed by atoms with Crippen molar-refractivity contribution in [3.63, 3.8) is 0 Å². The summed E-state index contributed by atoms with van der Waals surface area (Å²) >= 11 is 5.98. The van der Waals surface area contributed by atoms with Crippen LogP contribution >= 0.6 is 11.6 Å². The molecule has 0 spiro atoms. The fourth-order valence-corrected chi connectivity index (χ4v) is 3.68. The van der Waals surface area contributed by atoms with E-state index < -0.39 is 0 Å². The fourth-order valence-electron chi connectivity index (χ4n) is 3.49. The van der Waals surface area contributed by atoms with Crippen LogP contribution in [0.25, 0.3) is 11.0 Å². The molecule has 0 saturated carbocycles. The molecule has 3 aliphatic heterocycles. The average Bonchev–Trinajstić information content (AvgIpc) is 2.99. The van der Waals surface area contributed by atoms with Crippen molar-refractivity contribution in [3.05, 3.63) is 29.2 Å². The smallest absolute Gasteiger partial charge is 0.253 e. The van der Waals surface area contributed by atoms with E-state index in [9.17, 15) is 4.79 Å². The number of nitrogens with zero attached hydrogens (tertiary/aromatic N) is 2. The summed E-state index contributed by atoms with van der Waals surface area (Å²) in [7, 11) is 0. The minimum absolute atomic E-state index is 0.0932. The Bertz CT molecular complexity index is 691. The molecule has 5 heterocycles. The Hall–Kier alpha value is -1.59. The van der Waals surface area contributed by atoms with Gasteiger partial charge in [0.1, 0.15) is 0 Å². The quantitative estimate of drug-likeness (QED) is 0.865. The molecule has 3 saturated heterocycles. The lowest BCUT2D eigenvalue weighted by atomic mass is 9.84. The highest BCUT2D eigenvalue weighted by atomic mass is 35.5. The summed E-state index contributed by atoms with van der Waals surface area (Å²) in [6, 6.07) is 1.99. The lowest BCUT2D eigenvalue weighted by Gasteiger charge is -2.44. The summed E-state index contributed by atoms with van der Waals surface area (Å²) in [5, 5.41) is 4.17. The fraction of sp³-hybridized carbons (Fsp3) is 0.467. The number of nitrogens with one attached hydrogen (secondary N) is 1. The predicted molar refractivity (Wildman–Crippen MR) is 79.4 cm³/mol. The number of aromatic nitrogens is 1. The molecular weight excluding hydrogens is 290 g/mol. The summed E-state index contributed by atoms with van der Waals surface area (Å²) in [6.07, 6.45) is 5.40. The van der Waals surface area contributed by atoms with Crippen LogP contribution < -0.4 is 5.32 Å². The van der Waals surface area contributed by atoms with Crippen molar-refractivity contribution in [1.29, 1.82) is 0 Å². The van der Waals surface area contributed by atoms with E-state index in [2.05, 4.69) is 15.2 Å². The number of hydrogen-bond donors (Lipinski definition) is 1. The summed E-state index contributed by atoms with van der Waals surface area (Å²) in [4.78, 5) is 19.0. The van der Waals surface area contributed by atoms with Gasteiger partial charge in [0.05, 0.1) is 11.8 Å². The summed E-state index contributed by atoms with van der Waals surface area (Å²) < 4.78 is 5.30. The Kier molecular flexibility index (Phi) is 3.12. The number of rotatable bonds is 2. The van der Waals surface area contributed by atoms with Gasteiger partial charge in [-0.15, -0.1) is 0 Å². The van der Waals surface area contributed by atoms with Gasteiger partial charge in [-0.1, -0.05) is 11.6 Å². The summed E-state index contributed by atoms with van der Waals surface area (Å²) in [5.74, 6) is 0.503. The van der Waals surface area contributed by atoms with Crippen molar-refractivity contribution < 1.29 is 9.21 Å². The van der Waals surface area contributed by atoms with Gasteiger partial charge in [0.2, 0.25) is 0 Å². The van der Waals surface area contributed by atoms with Crippen molar-refractivity contribution >= 4 is 28.5 Å². The SMILES string of the molecule is O=C(N[C@H]1CN2CCC1CC2)c1cnc(Cl)c2occc12. The van der Waals surface area contributed by atoms with Gasteiger partial charge in [0.15, 0.2) is 10.7 Å². The van der Waals surface area contributed by atoms with Gasteiger partial charge in [-0.3, -0.25) is 4.79 Å². The maximum absolute atomic E-state index is 12.6. The van der Waals surface area contributed by atoms with Crippen LogP contribution in [0.1, 0.15) is 23.2 Å². The Labute approximate surface area is 127 Å². The number of piperidine rings is 3. The molecule has 2 bridgehead atoms. The highest BCUT2D eigenvalue weighted by molar-refractivity contribution is 6.34. The molecule has 2 aromatic heterocycles. The maximum Gasteiger partial charge on any atom is 0.253 e. The summed E-state index contributed by atoms with van der Waals surface area (Å²) in [5.41, 5.74) is 0.998. The second-order valence-electron chi connectivity index (χ2n) is 5.84. The molecule has 0 radical (unpaired) electrons. The minimum Gasteiger partial charge on any atom is -0.461 e. The Morgan fingerprint density at radius 2 is 2.24 bits per heavy atom. The van der Waals surface area contributed by atoms with E-state index in [0.717, 1.165) is 19.6 Å². The zero-order valence-corrected chi connectivity index (χ0v) is 12.3. The first-order valence-corrected chi connectivity index (χ1v) is 7.65. The first-order valence-electron chi connectivity index (χ1n) is 7.27. The van der Waals surface area contributed by atoms with Crippen molar-refractivity contribution in [2.45, 2.75) is 18.9 Å². The van der Waals surface area contributed by atoms with Gasteiger partial charge < -0.3 is 14.6 Å². The second-order valence-corrected chi connectivity index (χ2v) is 6.20. The van der Waals surface area contributed by atoms with Crippen molar-refractivity contribution in [1.82, 2.24) is 15.2 Å². The molecular formula is C15H16ClN3O2. The molecule has 6 heteroatoms. The van der Waals surface area contributed by atoms with Gasteiger partial charge >= 0.3 is 0 Å². The molecule has 1 N–H and O–H groups in total. The molecule has 3 fully saturated rings. The van der Waals surface area contributed by atoms with E-state index in [4.69, 9.17) is 16.0 Å². The molecule has 1 atom stereocenters. The molecule has 2 aromatic rings. The molecule has 0 aliphatic carbocycles. The van der Waals surface area contributed by atoms with Crippen LogP contribution in [-0.4, -0.2) is 41.5 Å². The lowest BCUT2D eigenvalue weighted by molar-refractivity contribution is 0.0621. The van der Waals surface area contributed by atoms with Crippen LogP contribution in [0.3, 0.4) is 0 Å². The standard InChI is InChI=1S/C15H16ClN3O2/c16-14-13-10(3-6-21-13)11(7-17-14)15(20)18-12-8-19-4-1-9(12)2-5-19/h3,6-7,9,12H,1-2,4-5,8H2,(H,18,20)/t12-/m0/s1. The highest BCUT2D eigenvalue weighted by Crippen LogP contribution is 2.29. The van der Waals surface area contributed by atoms with Crippen LogP contribution in [0.15, 0.2) is 22.9 Å². The molecule has 0 unspecified atom stereocenters. The van der Waals surface area contributed by atoms with Crippen molar-refractivity contribution in [2.75, 3.05) is 19.6 Å². The predicted octanol–water partition coefficient (Wildman–Crippen LogP) is 2.31. The topological polar surface area (TPSA) is 58.4 Å². The molecule has 1 amide bonds. The molecule has 21 heavy (non-hydrogen) atoms. The number of carbonyl (C=O) groups is 1. The second kappa shape index (κ2) is 5.00. The van der Waals surface area contributed by atoms with Gasteiger partial charge in [-0.2, -0.15) is 0 Å². The molecule has 110 valence electrons. The average molecular weight is 306 g/mol. The highest BCUT2D eigenvalue weighted by Gasteiger charge is 2.35. The van der Waals surface area contributed by atoms with Gasteiger partial charge in [0, 0.05) is 24.2 Å². The third kappa shape index (κ3) is 2.21. The van der Waals surface area contributed by atoms with Crippen LogP contribution in [0.4, 0.5) is 0 Å².